The van der Waals surface area contributed by atoms with E-state index < -0.39 is 0 Å². The Morgan fingerprint density at radius 1 is 1.27 bits per heavy atom. The van der Waals surface area contributed by atoms with E-state index >= 15 is 0 Å². The van der Waals surface area contributed by atoms with Crippen LogP contribution in [0.3, 0.4) is 0 Å². The number of rotatable bonds is 9. The second-order valence-electron chi connectivity index (χ2n) is 8.01. The third-order valence-electron chi connectivity index (χ3n) is 5.39. The Hall–Kier alpha value is -2.64. The number of ether oxygens (including phenoxy) is 2. The maximum absolute atomic E-state index is 11.8. The summed E-state index contributed by atoms with van der Waals surface area (Å²) < 4.78 is 16.2. The third-order valence-corrected chi connectivity index (χ3v) is 5.39. The number of aryl methyl sites for hydroxylation is 1. The molecule has 0 saturated carbocycles. The van der Waals surface area contributed by atoms with Crippen molar-refractivity contribution in [3.05, 3.63) is 29.2 Å². The zero-order valence-electron chi connectivity index (χ0n) is 18.4. The lowest BCUT2D eigenvalue weighted by atomic mass is 9.92. The molecule has 1 aliphatic rings. The van der Waals surface area contributed by atoms with Crippen LogP contribution in [0.1, 0.15) is 74.2 Å². The van der Waals surface area contributed by atoms with E-state index in [1.54, 1.807) is 26.0 Å². The molecule has 164 valence electrons. The molecule has 0 unspecified atom stereocenters. The second kappa shape index (κ2) is 10.4. The molecule has 8 nitrogen and oxygen atoms in total. The lowest BCUT2D eigenvalue weighted by Crippen LogP contribution is -2.34. The van der Waals surface area contributed by atoms with Crippen molar-refractivity contribution in [2.24, 2.45) is 5.92 Å². The molecule has 1 fully saturated rings. The van der Waals surface area contributed by atoms with E-state index in [0.717, 1.165) is 44.6 Å². The van der Waals surface area contributed by atoms with Crippen LogP contribution in [0.5, 0.6) is 5.88 Å². The van der Waals surface area contributed by atoms with Crippen LogP contribution in [0.15, 0.2) is 16.7 Å². The van der Waals surface area contributed by atoms with Crippen molar-refractivity contribution >= 4 is 12.0 Å². The number of piperidine rings is 1. The van der Waals surface area contributed by atoms with Crippen LogP contribution in [-0.4, -0.2) is 47.4 Å². The Balaban J connectivity index is 1.37. The summed E-state index contributed by atoms with van der Waals surface area (Å²) in [5.41, 5.74) is 1.11. The molecular formula is C22H32N4O4. The van der Waals surface area contributed by atoms with Crippen LogP contribution < -0.4 is 9.64 Å². The first-order valence-electron chi connectivity index (χ1n) is 10.8. The Kier molecular flexibility index (Phi) is 7.65. The number of nitrogens with zero attached hydrogens (tertiary/aromatic N) is 4. The van der Waals surface area contributed by atoms with Gasteiger partial charge in [-0.25, -0.2) is 9.78 Å². The van der Waals surface area contributed by atoms with Crippen LogP contribution in [-0.2, 0) is 4.74 Å². The topological polar surface area (TPSA) is 90.6 Å². The van der Waals surface area contributed by atoms with Crippen molar-refractivity contribution in [1.29, 1.82) is 0 Å². The highest BCUT2D eigenvalue weighted by Crippen LogP contribution is 2.26. The third kappa shape index (κ3) is 5.70. The van der Waals surface area contributed by atoms with E-state index in [9.17, 15) is 4.79 Å². The smallest absolute Gasteiger partial charge is 0.339 e. The first-order chi connectivity index (χ1) is 14.5. The number of carbonyl (C=O) groups is 1. The lowest BCUT2D eigenvalue weighted by Gasteiger charge is -2.30. The van der Waals surface area contributed by atoms with Gasteiger partial charge in [0, 0.05) is 25.1 Å². The van der Waals surface area contributed by atoms with Gasteiger partial charge >= 0.3 is 12.0 Å². The summed E-state index contributed by atoms with van der Waals surface area (Å²) in [6, 6.07) is 4.09. The van der Waals surface area contributed by atoms with Crippen LogP contribution in [0.2, 0.25) is 0 Å². The van der Waals surface area contributed by atoms with Crippen molar-refractivity contribution in [3.8, 4) is 5.88 Å². The van der Waals surface area contributed by atoms with Crippen LogP contribution >= 0.6 is 0 Å². The van der Waals surface area contributed by atoms with Crippen molar-refractivity contribution < 1.29 is 18.8 Å². The fourth-order valence-electron chi connectivity index (χ4n) is 3.59. The van der Waals surface area contributed by atoms with E-state index in [4.69, 9.17) is 14.0 Å². The highest BCUT2D eigenvalue weighted by Gasteiger charge is 2.23. The number of hydrogen-bond acceptors (Lipinski definition) is 8. The molecule has 0 radical (unpaired) electrons. The first-order valence-corrected chi connectivity index (χ1v) is 10.8. The molecule has 3 rings (SSSR count). The summed E-state index contributed by atoms with van der Waals surface area (Å²) in [4.78, 5) is 22.9. The molecule has 0 atom stereocenters. The molecule has 8 heteroatoms. The standard InChI is InChI=1S/C22H32N4O4/c1-5-28-21(27)18-8-9-19(23-16(18)4)29-14-6-7-17-10-12-26(13-11-17)22-24-20(15(2)3)25-30-22/h8-9,15,17H,5-7,10-14H2,1-4H3. The number of aromatic nitrogens is 3. The molecule has 0 spiro atoms. The van der Waals surface area contributed by atoms with Gasteiger partial charge in [-0.2, -0.15) is 4.98 Å². The van der Waals surface area contributed by atoms with Gasteiger partial charge in [-0.3, -0.25) is 0 Å². The fourth-order valence-corrected chi connectivity index (χ4v) is 3.59. The van der Waals surface area contributed by atoms with Gasteiger partial charge < -0.3 is 18.9 Å². The Morgan fingerprint density at radius 3 is 2.67 bits per heavy atom. The zero-order chi connectivity index (χ0) is 21.5. The molecular weight excluding hydrogens is 384 g/mol. The predicted octanol–water partition coefficient (Wildman–Crippen LogP) is 4.15. The summed E-state index contributed by atoms with van der Waals surface area (Å²) in [5.74, 6) is 1.93. The van der Waals surface area contributed by atoms with Crippen LogP contribution in [0, 0.1) is 12.8 Å². The summed E-state index contributed by atoms with van der Waals surface area (Å²) in [6.07, 6.45) is 4.33. The van der Waals surface area contributed by atoms with E-state index in [2.05, 4.69) is 33.9 Å². The van der Waals surface area contributed by atoms with Crippen molar-refractivity contribution in [3.63, 3.8) is 0 Å². The number of esters is 1. The molecule has 0 N–H and O–H groups in total. The lowest BCUT2D eigenvalue weighted by molar-refractivity contribution is 0.0525. The molecule has 1 aliphatic heterocycles. The van der Waals surface area contributed by atoms with Gasteiger partial charge in [0.25, 0.3) is 0 Å². The average molecular weight is 417 g/mol. The van der Waals surface area contributed by atoms with Crippen LogP contribution in [0.4, 0.5) is 6.01 Å². The van der Waals surface area contributed by atoms with Gasteiger partial charge in [0.2, 0.25) is 5.88 Å². The van der Waals surface area contributed by atoms with Crippen molar-refractivity contribution in [2.45, 2.75) is 59.3 Å². The highest BCUT2D eigenvalue weighted by molar-refractivity contribution is 5.90. The normalized spacial score (nSPS) is 14.9. The number of hydrogen-bond donors (Lipinski definition) is 0. The quantitative estimate of drug-likeness (QED) is 0.445. The Bertz CT molecular complexity index is 828. The number of carbonyl (C=O) groups excluding carboxylic acids is 1. The molecule has 0 bridgehead atoms. The monoisotopic (exact) mass is 416 g/mol. The average Bonchev–Trinajstić information content (AvgIpc) is 3.22. The molecule has 0 aromatic carbocycles. The molecule has 2 aromatic heterocycles. The second-order valence-corrected chi connectivity index (χ2v) is 8.01. The SMILES string of the molecule is CCOC(=O)c1ccc(OCCCC2CCN(c3nc(C(C)C)no3)CC2)nc1C. The van der Waals surface area contributed by atoms with Gasteiger partial charge in [0.1, 0.15) is 0 Å². The Morgan fingerprint density at radius 2 is 2.03 bits per heavy atom. The number of pyridine rings is 1. The maximum atomic E-state index is 11.8. The molecule has 3 heterocycles. The summed E-state index contributed by atoms with van der Waals surface area (Å²) >= 11 is 0. The summed E-state index contributed by atoms with van der Waals surface area (Å²) in [6.45, 7) is 10.6. The molecule has 2 aromatic rings. The van der Waals surface area contributed by atoms with E-state index in [0.29, 0.717) is 42.3 Å². The van der Waals surface area contributed by atoms with E-state index in [1.165, 1.54) is 0 Å². The Labute approximate surface area is 178 Å². The minimum atomic E-state index is -0.346. The highest BCUT2D eigenvalue weighted by atomic mass is 16.5. The zero-order valence-corrected chi connectivity index (χ0v) is 18.4. The van der Waals surface area contributed by atoms with Crippen molar-refractivity contribution in [2.75, 3.05) is 31.2 Å². The predicted molar refractivity (Wildman–Crippen MR) is 113 cm³/mol. The molecule has 1 saturated heterocycles. The summed E-state index contributed by atoms with van der Waals surface area (Å²) in [7, 11) is 0. The fraction of sp³-hybridized carbons (Fsp3) is 0.636. The van der Waals surface area contributed by atoms with E-state index in [1.807, 2.05) is 0 Å². The van der Waals surface area contributed by atoms with Gasteiger partial charge in [-0.15, -0.1) is 0 Å². The first kappa shape index (κ1) is 22.1. The van der Waals surface area contributed by atoms with Crippen molar-refractivity contribution in [1.82, 2.24) is 15.1 Å². The van der Waals surface area contributed by atoms with Gasteiger partial charge in [-0.05, 0) is 51.5 Å². The summed E-state index contributed by atoms with van der Waals surface area (Å²) in [5, 5.41) is 4.05. The molecule has 30 heavy (non-hydrogen) atoms. The van der Waals surface area contributed by atoms with Gasteiger partial charge in [0.05, 0.1) is 24.5 Å². The molecule has 0 aliphatic carbocycles. The van der Waals surface area contributed by atoms with Gasteiger partial charge in [-0.1, -0.05) is 19.0 Å². The van der Waals surface area contributed by atoms with Crippen LogP contribution in [0.25, 0.3) is 0 Å². The maximum Gasteiger partial charge on any atom is 0.339 e. The van der Waals surface area contributed by atoms with E-state index in [-0.39, 0.29) is 11.9 Å². The number of anilines is 1. The largest absolute Gasteiger partial charge is 0.478 e. The molecule has 0 amide bonds. The minimum Gasteiger partial charge on any atom is -0.478 e. The minimum absolute atomic E-state index is 0.277. The van der Waals surface area contributed by atoms with Gasteiger partial charge in [0.15, 0.2) is 5.82 Å².